The number of hydrogen-bond donors (Lipinski definition) is 2. The largest absolute Gasteiger partial charge is 0.507 e. The number of nitrogens with zero attached hydrogens (tertiary/aromatic N) is 2. The van der Waals surface area contributed by atoms with Gasteiger partial charge < -0.3 is 10.2 Å². The van der Waals surface area contributed by atoms with Crippen molar-refractivity contribution >= 4 is 12.4 Å². The first kappa shape index (κ1) is 38.1. The van der Waals surface area contributed by atoms with E-state index >= 15 is 0 Å². The minimum atomic E-state index is -0.201. The first-order chi connectivity index (χ1) is 25.8. The van der Waals surface area contributed by atoms with Crippen LogP contribution in [0.3, 0.4) is 0 Å². The van der Waals surface area contributed by atoms with Gasteiger partial charge in [0.05, 0.1) is 12.1 Å². The lowest BCUT2D eigenvalue weighted by molar-refractivity contribution is 0.389. The van der Waals surface area contributed by atoms with Crippen LogP contribution in [0, 0.1) is 0 Å². The molecule has 0 unspecified atom stereocenters. The van der Waals surface area contributed by atoms with E-state index in [0.29, 0.717) is 11.5 Å². The van der Waals surface area contributed by atoms with E-state index < -0.39 is 0 Å². The van der Waals surface area contributed by atoms with Gasteiger partial charge in [-0.25, -0.2) is 0 Å². The van der Waals surface area contributed by atoms with E-state index in [1.807, 2.05) is 12.4 Å². The van der Waals surface area contributed by atoms with Gasteiger partial charge in [-0.1, -0.05) is 153 Å². The standard InChI is InChI=1S/C50H62N2O2/c1-47(2,3)39-29-35(45(53)41(31-39)49(25-15-16-26-49)37-19-9-7-10-20-37)33-51-43-23-13-14-24-44(43)52-34-36-30-40(48(4,5)6)32-42(46(36)54)50(27-17-18-28-50)38-21-11-8-12-22-38/h7-12,19-22,29-34,43-44,53-54H,13-18,23-28H2,1-6H3/t43-,44-/m1/s1. The maximum atomic E-state index is 12.1. The van der Waals surface area contributed by atoms with E-state index in [0.717, 1.165) is 99.3 Å². The van der Waals surface area contributed by atoms with E-state index in [1.165, 1.54) is 22.3 Å². The molecule has 2 atom stereocenters. The van der Waals surface area contributed by atoms with Gasteiger partial charge in [0.1, 0.15) is 11.5 Å². The molecule has 0 bridgehead atoms. The molecule has 4 heteroatoms. The lowest BCUT2D eigenvalue weighted by Crippen LogP contribution is -2.28. The normalized spacial score (nSPS) is 21.7. The zero-order valence-electron chi connectivity index (χ0n) is 33.7. The minimum absolute atomic E-state index is 0.00334. The van der Waals surface area contributed by atoms with E-state index in [-0.39, 0.29) is 33.7 Å². The van der Waals surface area contributed by atoms with E-state index in [2.05, 4.69) is 126 Å². The van der Waals surface area contributed by atoms with Gasteiger partial charge in [-0.15, -0.1) is 0 Å². The predicted molar refractivity (Wildman–Crippen MR) is 226 cm³/mol. The molecule has 0 radical (unpaired) electrons. The summed E-state index contributed by atoms with van der Waals surface area (Å²) in [5, 5.41) is 24.2. The summed E-state index contributed by atoms with van der Waals surface area (Å²) in [7, 11) is 0. The Morgan fingerprint density at radius 1 is 0.519 bits per heavy atom. The van der Waals surface area contributed by atoms with Crippen LogP contribution in [0.5, 0.6) is 11.5 Å². The molecule has 0 aliphatic heterocycles. The van der Waals surface area contributed by atoms with Gasteiger partial charge in [0, 0.05) is 45.5 Å². The maximum absolute atomic E-state index is 12.1. The van der Waals surface area contributed by atoms with Gasteiger partial charge in [0.25, 0.3) is 0 Å². The van der Waals surface area contributed by atoms with E-state index in [4.69, 9.17) is 9.98 Å². The van der Waals surface area contributed by atoms with Crippen molar-refractivity contribution in [2.75, 3.05) is 0 Å². The number of phenolic OH excluding ortho intramolecular Hbond substituents is 2. The Morgan fingerprint density at radius 2 is 0.870 bits per heavy atom. The number of rotatable bonds is 8. The Labute approximate surface area is 324 Å². The van der Waals surface area contributed by atoms with Crippen molar-refractivity contribution in [3.8, 4) is 11.5 Å². The molecule has 3 fully saturated rings. The molecule has 7 rings (SSSR count). The van der Waals surface area contributed by atoms with Crippen molar-refractivity contribution in [1.82, 2.24) is 0 Å². The molecule has 0 amide bonds. The molecule has 284 valence electrons. The summed E-state index contributed by atoms with van der Waals surface area (Å²) in [5.41, 5.74) is 8.13. The molecule has 0 heterocycles. The summed E-state index contributed by atoms with van der Waals surface area (Å²) in [6, 6.07) is 30.5. The van der Waals surface area contributed by atoms with Crippen LogP contribution in [0.25, 0.3) is 0 Å². The highest BCUT2D eigenvalue weighted by Crippen LogP contribution is 2.52. The van der Waals surface area contributed by atoms with Crippen molar-refractivity contribution in [2.24, 2.45) is 9.98 Å². The Balaban J connectivity index is 1.25. The second-order valence-electron chi connectivity index (χ2n) is 18.7. The van der Waals surface area contributed by atoms with Crippen molar-refractivity contribution < 1.29 is 10.2 Å². The Kier molecular flexibility index (Phi) is 10.7. The van der Waals surface area contributed by atoms with Crippen LogP contribution in [0.4, 0.5) is 0 Å². The van der Waals surface area contributed by atoms with Crippen molar-refractivity contribution in [2.45, 2.75) is 152 Å². The average molecular weight is 723 g/mol. The molecular formula is C50H62N2O2. The van der Waals surface area contributed by atoms with Crippen LogP contribution in [0.2, 0.25) is 0 Å². The molecular weight excluding hydrogens is 661 g/mol. The van der Waals surface area contributed by atoms with Crippen LogP contribution in [-0.2, 0) is 21.7 Å². The Hall–Kier alpha value is -4.18. The molecule has 0 spiro atoms. The van der Waals surface area contributed by atoms with Crippen LogP contribution < -0.4 is 0 Å². The van der Waals surface area contributed by atoms with E-state index in [1.54, 1.807) is 0 Å². The molecule has 0 aromatic heterocycles. The van der Waals surface area contributed by atoms with Crippen molar-refractivity contribution in [3.63, 3.8) is 0 Å². The monoisotopic (exact) mass is 722 g/mol. The lowest BCUT2D eigenvalue weighted by Gasteiger charge is -2.34. The zero-order chi connectivity index (χ0) is 38.1. The fraction of sp³-hybridized carbons (Fsp3) is 0.480. The Bertz CT molecular complexity index is 1820. The van der Waals surface area contributed by atoms with Gasteiger partial charge in [-0.3, -0.25) is 9.98 Å². The quantitative estimate of drug-likeness (QED) is 0.178. The van der Waals surface area contributed by atoms with Gasteiger partial charge in [-0.2, -0.15) is 0 Å². The second-order valence-corrected chi connectivity index (χ2v) is 18.7. The van der Waals surface area contributed by atoms with Gasteiger partial charge in [0.2, 0.25) is 0 Å². The van der Waals surface area contributed by atoms with Gasteiger partial charge in [-0.05, 0) is 83.7 Å². The first-order valence-electron chi connectivity index (χ1n) is 20.8. The predicted octanol–water partition coefficient (Wildman–Crippen LogP) is 12.3. The molecule has 3 saturated carbocycles. The fourth-order valence-corrected chi connectivity index (χ4v) is 9.80. The summed E-state index contributed by atoms with van der Waals surface area (Å²) < 4.78 is 0. The zero-order valence-corrected chi connectivity index (χ0v) is 33.7. The average Bonchev–Trinajstić information content (AvgIpc) is 3.87. The minimum Gasteiger partial charge on any atom is -0.507 e. The maximum Gasteiger partial charge on any atom is 0.128 e. The summed E-state index contributed by atoms with van der Waals surface area (Å²) in [6.07, 6.45) is 16.8. The number of aliphatic imine (C=N–C) groups is 2. The highest BCUT2D eigenvalue weighted by Gasteiger charge is 2.42. The topological polar surface area (TPSA) is 65.2 Å². The van der Waals surface area contributed by atoms with Crippen molar-refractivity contribution in [3.05, 3.63) is 129 Å². The third kappa shape index (κ3) is 7.42. The van der Waals surface area contributed by atoms with Gasteiger partial charge >= 0.3 is 0 Å². The fourth-order valence-electron chi connectivity index (χ4n) is 9.80. The number of aromatic hydroxyl groups is 2. The molecule has 4 nitrogen and oxygen atoms in total. The second kappa shape index (κ2) is 15.2. The van der Waals surface area contributed by atoms with Gasteiger partial charge in [0.15, 0.2) is 0 Å². The summed E-state index contributed by atoms with van der Waals surface area (Å²) in [5.74, 6) is 0.730. The molecule has 4 aromatic carbocycles. The summed E-state index contributed by atoms with van der Waals surface area (Å²) in [4.78, 5) is 10.5. The molecule has 3 aliphatic rings. The van der Waals surface area contributed by atoms with Crippen LogP contribution in [-0.4, -0.2) is 34.7 Å². The molecule has 4 aromatic rings. The SMILES string of the molecule is CC(C)(C)c1cc(C=N[C@@H]2CCCC[C@H]2N=Cc2cc(C(C)(C)C)cc(C3(c4ccccc4)CCCC3)c2O)c(O)c(C2(c3ccccc3)CCCC2)c1. The third-order valence-electron chi connectivity index (χ3n) is 13.1. The highest BCUT2D eigenvalue weighted by atomic mass is 16.3. The molecule has 0 saturated heterocycles. The Morgan fingerprint density at radius 3 is 1.20 bits per heavy atom. The smallest absolute Gasteiger partial charge is 0.128 e. The third-order valence-corrected chi connectivity index (χ3v) is 13.1. The lowest BCUT2D eigenvalue weighted by atomic mass is 9.70. The van der Waals surface area contributed by atoms with Crippen LogP contribution in [0.1, 0.15) is 163 Å². The summed E-state index contributed by atoms with van der Waals surface area (Å²) >= 11 is 0. The first-order valence-corrected chi connectivity index (χ1v) is 20.8. The molecule has 54 heavy (non-hydrogen) atoms. The van der Waals surface area contributed by atoms with E-state index in [9.17, 15) is 10.2 Å². The molecule has 2 N–H and O–H groups in total. The number of phenols is 2. The summed E-state index contributed by atoms with van der Waals surface area (Å²) in [6.45, 7) is 13.5. The number of hydrogen-bond acceptors (Lipinski definition) is 4. The molecule has 3 aliphatic carbocycles. The number of benzene rings is 4. The van der Waals surface area contributed by atoms with Crippen LogP contribution >= 0.6 is 0 Å². The van der Waals surface area contributed by atoms with Crippen molar-refractivity contribution in [1.29, 1.82) is 0 Å². The van der Waals surface area contributed by atoms with Crippen LogP contribution in [0.15, 0.2) is 94.9 Å². The highest BCUT2D eigenvalue weighted by molar-refractivity contribution is 5.86.